The number of nitrogens with one attached hydrogen (secondary N) is 1. The van der Waals surface area contributed by atoms with Crippen LogP contribution in [0.5, 0.6) is 0 Å². The third-order valence-corrected chi connectivity index (χ3v) is 5.59. The molecule has 0 radical (unpaired) electrons. The number of primary amides is 1. The molecule has 3 nitrogen and oxygen atoms in total. The van der Waals surface area contributed by atoms with Crippen molar-refractivity contribution in [1.29, 1.82) is 0 Å². The highest BCUT2D eigenvalue weighted by Gasteiger charge is 2.12. The summed E-state index contributed by atoms with van der Waals surface area (Å²) in [7, 11) is 0. The van der Waals surface area contributed by atoms with Crippen molar-refractivity contribution >= 4 is 17.5 Å². The predicted molar refractivity (Wildman–Crippen MR) is 108 cm³/mol. The second kappa shape index (κ2) is 9.20. The fourth-order valence-corrected chi connectivity index (χ4v) is 4.06. The van der Waals surface area contributed by atoms with Crippen molar-refractivity contribution in [3.63, 3.8) is 0 Å². The fraction of sp³-hybridized carbons (Fsp3) is 0.409. The molecule has 0 atom stereocenters. The lowest BCUT2D eigenvalue weighted by atomic mass is 9.87. The standard InChI is InChI=1S/C22H27ClN2O/c23-21-14-19(22(24)26)9-10-20(21)18-8-4-7-17(13-18)15-25-12-11-16-5-2-1-3-6-16/h4,7-10,13-14,16,25H,1-3,5-6,11-12,15H2,(H2,24,26). The van der Waals surface area contributed by atoms with Crippen molar-refractivity contribution in [2.75, 3.05) is 6.54 Å². The first kappa shape index (κ1) is 18.9. The number of hydrogen-bond acceptors (Lipinski definition) is 2. The fourth-order valence-electron chi connectivity index (χ4n) is 3.77. The molecule has 0 aromatic heterocycles. The summed E-state index contributed by atoms with van der Waals surface area (Å²) in [6, 6.07) is 13.6. The Morgan fingerprint density at radius 1 is 1.12 bits per heavy atom. The van der Waals surface area contributed by atoms with E-state index in [2.05, 4.69) is 17.4 Å². The minimum absolute atomic E-state index is 0.430. The van der Waals surface area contributed by atoms with Gasteiger partial charge in [0, 0.05) is 22.7 Å². The Hall–Kier alpha value is -1.84. The molecule has 138 valence electrons. The van der Waals surface area contributed by atoms with Gasteiger partial charge in [-0.05, 0) is 48.2 Å². The van der Waals surface area contributed by atoms with Crippen molar-refractivity contribution in [1.82, 2.24) is 5.32 Å². The average molecular weight is 371 g/mol. The van der Waals surface area contributed by atoms with E-state index in [9.17, 15) is 4.79 Å². The van der Waals surface area contributed by atoms with Crippen molar-refractivity contribution in [2.24, 2.45) is 11.7 Å². The lowest BCUT2D eigenvalue weighted by Gasteiger charge is -2.21. The van der Waals surface area contributed by atoms with E-state index in [4.69, 9.17) is 17.3 Å². The maximum absolute atomic E-state index is 11.3. The van der Waals surface area contributed by atoms with Crippen LogP contribution < -0.4 is 11.1 Å². The summed E-state index contributed by atoms with van der Waals surface area (Å²) < 4.78 is 0. The van der Waals surface area contributed by atoms with Crippen LogP contribution in [0.1, 0.15) is 54.4 Å². The van der Waals surface area contributed by atoms with Crippen molar-refractivity contribution in [2.45, 2.75) is 45.1 Å². The Morgan fingerprint density at radius 3 is 2.65 bits per heavy atom. The van der Waals surface area contributed by atoms with Crippen LogP contribution in [0.25, 0.3) is 11.1 Å². The number of carbonyl (C=O) groups excluding carboxylic acids is 1. The van der Waals surface area contributed by atoms with Gasteiger partial charge in [0.05, 0.1) is 0 Å². The van der Waals surface area contributed by atoms with Crippen molar-refractivity contribution in [3.05, 3.63) is 58.6 Å². The van der Waals surface area contributed by atoms with E-state index in [-0.39, 0.29) is 0 Å². The molecule has 0 spiro atoms. The third kappa shape index (κ3) is 5.09. The van der Waals surface area contributed by atoms with Crippen molar-refractivity contribution < 1.29 is 4.79 Å². The third-order valence-electron chi connectivity index (χ3n) is 5.27. The van der Waals surface area contributed by atoms with E-state index in [1.54, 1.807) is 12.1 Å². The highest BCUT2D eigenvalue weighted by Crippen LogP contribution is 2.29. The topological polar surface area (TPSA) is 55.1 Å². The number of hydrogen-bond donors (Lipinski definition) is 2. The Bertz CT molecular complexity index is 754. The van der Waals surface area contributed by atoms with Gasteiger partial charge in [-0.3, -0.25) is 4.79 Å². The molecule has 0 aliphatic heterocycles. The molecule has 1 saturated carbocycles. The van der Waals surface area contributed by atoms with Gasteiger partial charge < -0.3 is 11.1 Å². The Morgan fingerprint density at radius 2 is 1.92 bits per heavy atom. The van der Waals surface area contributed by atoms with E-state index < -0.39 is 5.91 Å². The van der Waals surface area contributed by atoms with Crippen LogP contribution in [-0.2, 0) is 6.54 Å². The Kier molecular flexibility index (Phi) is 6.70. The zero-order valence-corrected chi connectivity index (χ0v) is 15.9. The summed E-state index contributed by atoms with van der Waals surface area (Å²) in [5.41, 5.74) is 8.95. The van der Waals surface area contributed by atoms with Crippen LogP contribution in [0.3, 0.4) is 0 Å². The SMILES string of the molecule is NC(=O)c1ccc(-c2cccc(CNCCC3CCCCC3)c2)c(Cl)c1. The molecule has 1 amide bonds. The minimum Gasteiger partial charge on any atom is -0.366 e. The molecule has 1 fully saturated rings. The zero-order chi connectivity index (χ0) is 18.4. The quantitative estimate of drug-likeness (QED) is 0.661. The molecular formula is C22H27ClN2O. The maximum atomic E-state index is 11.3. The molecular weight excluding hydrogens is 344 g/mol. The summed E-state index contributed by atoms with van der Waals surface area (Å²) in [5, 5.41) is 4.12. The van der Waals surface area contributed by atoms with E-state index in [0.29, 0.717) is 10.6 Å². The summed E-state index contributed by atoms with van der Waals surface area (Å²) in [6.45, 7) is 1.93. The van der Waals surface area contributed by atoms with Crippen LogP contribution in [0.4, 0.5) is 0 Å². The Labute approximate surface area is 160 Å². The number of carbonyl (C=O) groups is 1. The van der Waals surface area contributed by atoms with Gasteiger partial charge in [-0.1, -0.05) is 68.0 Å². The van der Waals surface area contributed by atoms with Gasteiger partial charge in [0.15, 0.2) is 0 Å². The summed E-state index contributed by atoms with van der Waals surface area (Å²) >= 11 is 6.35. The van der Waals surface area contributed by atoms with Gasteiger partial charge in [-0.2, -0.15) is 0 Å². The number of nitrogens with two attached hydrogens (primary N) is 1. The highest BCUT2D eigenvalue weighted by molar-refractivity contribution is 6.33. The van der Waals surface area contributed by atoms with Crippen LogP contribution in [0.15, 0.2) is 42.5 Å². The van der Waals surface area contributed by atoms with Gasteiger partial charge in [0.25, 0.3) is 0 Å². The van der Waals surface area contributed by atoms with Gasteiger partial charge >= 0.3 is 0 Å². The summed E-state index contributed by atoms with van der Waals surface area (Å²) in [4.78, 5) is 11.3. The number of halogens is 1. The molecule has 1 aliphatic rings. The first-order chi connectivity index (χ1) is 12.6. The molecule has 4 heteroatoms. The largest absolute Gasteiger partial charge is 0.366 e. The van der Waals surface area contributed by atoms with Crippen LogP contribution in [0, 0.1) is 5.92 Å². The van der Waals surface area contributed by atoms with Crippen LogP contribution in [-0.4, -0.2) is 12.5 Å². The van der Waals surface area contributed by atoms with Crippen molar-refractivity contribution in [3.8, 4) is 11.1 Å². The second-order valence-corrected chi connectivity index (χ2v) is 7.64. The van der Waals surface area contributed by atoms with Gasteiger partial charge in [-0.25, -0.2) is 0 Å². The molecule has 2 aromatic rings. The number of benzene rings is 2. The first-order valence-corrected chi connectivity index (χ1v) is 9.90. The van der Waals surface area contributed by atoms with E-state index in [1.165, 1.54) is 44.1 Å². The lowest BCUT2D eigenvalue weighted by molar-refractivity contribution is 0.100. The number of amides is 1. The van der Waals surface area contributed by atoms with E-state index in [1.807, 2.05) is 18.2 Å². The first-order valence-electron chi connectivity index (χ1n) is 9.53. The smallest absolute Gasteiger partial charge is 0.248 e. The van der Waals surface area contributed by atoms with Gasteiger partial charge in [-0.15, -0.1) is 0 Å². The van der Waals surface area contributed by atoms with Gasteiger partial charge in [0.1, 0.15) is 0 Å². The summed E-state index contributed by atoms with van der Waals surface area (Å²) in [5.74, 6) is 0.444. The monoisotopic (exact) mass is 370 g/mol. The molecule has 26 heavy (non-hydrogen) atoms. The van der Waals surface area contributed by atoms with E-state index in [0.717, 1.165) is 30.1 Å². The lowest BCUT2D eigenvalue weighted by Crippen LogP contribution is -2.19. The summed E-state index contributed by atoms with van der Waals surface area (Å²) in [6.07, 6.45) is 8.30. The average Bonchev–Trinajstić information content (AvgIpc) is 2.66. The van der Waals surface area contributed by atoms with Gasteiger partial charge in [0.2, 0.25) is 5.91 Å². The molecule has 3 rings (SSSR count). The Balaban J connectivity index is 1.58. The molecule has 0 bridgehead atoms. The predicted octanol–water partition coefficient (Wildman–Crippen LogP) is 5.17. The molecule has 0 saturated heterocycles. The van der Waals surface area contributed by atoms with E-state index >= 15 is 0 Å². The highest BCUT2D eigenvalue weighted by atomic mass is 35.5. The maximum Gasteiger partial charge on any atom is 0.248 e. The molecule has 0 unspecified atom stereocenters. The number of rotatable bonds is 7. The minimum atomic E-state index is -0.464. The van der Waals surface area contributed by atoms with Crippen LogP contribution in [0.2, 0.25) is 5.02 Å². The zero-order valence-electron chi connectivity index (χ0n) is 15.1. The normalized spacial score (nSPS) is 15.1. The van der Waals surface area contributed by atoms with Crippen LogP contribution >= 0.6 is 11.6 Å². The molecule has 3 N–H and O–H groups in total. The second-order valence-electron chi connectivity index (χ2n) is 7.23. The molecule has 2 aromatic carbocycles. The molecule has 1 aliphatic carbocycles. The molecule has 0 heterocycles.